The molecular weight excluding hydrogens is 248 g/mol. The Morgan fingerprint density at radius 1 is 1.25 bits per heavy atom. The van der Waals surface area contributed by atoms with E-state index < -0.39 is 0 Å². The number of rotatable bonds is 7. The molecule has 0 fully saturated rings. The summed E-state index contributed by atoms with van der Waals surface area (Å²) in [5.41, 5.74) is 3.05. The van der Waals surface area contributed by atoms with Crippen LogP contribution in [0, 0.1) is 11.3 Å². The molecule has 0 aliphatic heterocycles. The van der Waals surface area contributed by atoms with Crippen LogP contribution in [0.25, 0.3) is 0 Å². The molecule has 0 aliphatic carbocycles. The van der Waals surface area contributed by atoms with E-state index in [0.29, 0.717) is 5.69 Å². The van der Waals surface area contributed by atoms with Crippen molar-refractivity contribution in [2.24, 2.45) is 0 Å². The number of hydrogen-bond donors (Lipinski definition) is 1. The molecule has 2 heterocycles. The van der Waals surface area contributed by atoms with Gasteiger partial charge in [0.15, 0.2) is 0 Å². The van der Waals surface area contributed by atoms with E-state index in [1.165, 1.54) is 18.4 Å². The Kier molecular flexibility index (Phi) is 5.33. The first-order valence-electron chi connectivity index (χ1n) is 7.00. The predicted octanol–water partition coefficient (Wildman–Crippen LogP) is 3.08. The Morgan fingerprint density at radius 3 is 2.65 bits per heavy atom. The molecule has 1 N–H and O–H groups in total. The summed E-state index contributed by atoms with van der Waals surface area (Å²) < 4.78 is 0. The highest BCUT2D eigenvalue weighted by molar-refractivity contribution is 5.26. The van der Waals surface area contributed by atoms with Crippen molar-refractivity contribution >= 4 is 0 Å². The molecule has 0 saturated heterocycles. The summed E-state index contributed by atoms with van der Waals surface area (Å²) in [6.45, 7) is 5.04. The first kappa shape index (κ1) is 14.3. The average Bonchev–Trinajstić information content (AvgIpc) is 2.93. The molecule has 0 bridgehead atoms. The number of aromatic nitrogens is 2. The number of pyridine rings is 1. The van der Waals surface area contributed by atoms with Crippen molar-refractivity contribution in [2.45, 2.75) is 32.9 Å². The zero-order valence-corrected chi connectivity index (χ0v) is 11.8. The number of hydrogen-bond acceptors (Lipinski definition) is 3. The van der Waals surface area contributed by atoms with E-state index in [-0.39, 0.29) is 0 Å². The van der Waals surface area contributed by atoms with E-state index in [2.05, 4.69) is 40.0 Å². The Bertz CT molecular complexity index is 553. The number of nitrogens with zero attached hydrogens (tertiary/aromatic N) is 3. The fourth-order valence-corrected chi connectivity index (χ4v) is 2.20. The monoisotopic (exact) mass is 268 g/mol. The molecule has 2 aromatic heterocycles. The first-order valence-corrected chi connectivity index (χ1v) is 7.00. The summed E-state index contributed by atoms with van der Waals surface area (Å²) in [7, 11) is 0. The summed E-state index contributed by atoms with van der Waals surface area (Å²) in [5.74, 6) is 0. The number of nitriles is 1. The standard InChI is InChI=1S/C16H20N4/c1-2-3-8-20(12-14-4-6-18-7-5-14)13-15-9-16(10-17)19-11-15/h4-7,9,11,19H,2-3,8,12-13H2,1H3. The molecule has 0 atom stereocenters. The lowest BCUT2D eigenvalue weighted by Crippen LogP contribution is -2.23. The third-order valence-corrected chi connectivity index (χ3v) is 3.25. The third-order valence-electron chi connectivity index (χ3n) is 3.25. The van der Waals surface area contributed by atoms with E-state index >= 15 is 0 Å². The Balaban J connectivity index is 2.01. The van der Waals surface area contributed by atoms with Crippen LogP contribution in [-0.2, 0) is 13.1 Å². The van der Waals surface area contributed by atoms with Gasteiger partial charge in [-0.2, -0.15) is 5.26 Å². The van der Waals surface area contributed by atoms with Gasteiger partial charge in [0.1, 0.15) is 11.8 Å². The van der Waals surface area contributed by atoms with E-state index in [4.69, 9.17) is 5.26 Å². The Hall–Kier alpha value is -2.12. The molecule has 0 unspecified atom stereocenters. The fourth-order valence-electron chi connectivity index (χ4n) is 2.20. The van der Waals surface area contributed by atoms with Crippen molar-refractivity contribution < 1.29 is 0 Å². The molecule has 4 nitrogen and oxygen atoms in total. The maximum atomic E-state index is 8.86. The maximum absolute atomic E-state index is 8.86. The quantitative estimate of drug-likeness (QED) is 0.839. The zero-order valence-electron chi connectivity index (χ0n) is 11.8. The van der Waals surface area contributed by atoms with Gasteiger partial charge in [-0.05, 0) is 42.3 Å². The van der Waals surface area contributed by atoms with Crippen LogP contribution < -0.4 is 0 Å². The van der Waals surface area contributed by atoms with Gasteiger partial charge < -0.3 is 4.98 Å². The van der Waals surface area contributed by atoms with E-state index in [1.807, 2.05) is 24.7 Å². The summed E-state index contributed by atoms with van der Waals surface area (Å²) in [4.78, 5) is 9.44. The van der Waals surface area contributed by atoms with Crippen LogP contribution in [0.15, 0.2) is 36.8 Å². The van der Waals surface area contributed by atoms with Gasteiger partial charge in [0.25, 0.3) is 0 Å². The minimum atomic E-state index is 0.624. The van der Waals surface area contributed by atoms with Crippen LogP contribution in [0.3, 0.4) is 0 Å². The Labute approximate surface area is 120 Å². The van der Waals surface area contributed by atoms with Crippen molar-refractivity contribution in [3.05, 3.63) is 53.6 Å². The van der Waals surface area contributed by atoms with E-state index in [1.54, 1.807) is 0 Å². The molecule has 0 aliphatic rings. The number of nitrogens with one attached hydrogen (secondary N) is 1. The van der Waals surface area contributed by atoms with Crippen LogP contribution in [-0.4, -0.2) is 21.4 Å². The lowest BCUT2D eigenvalue weighted by molar-refractivity contribution is 0.252. The molecular formula is C16H20N4. The normalized spacial score (nSPS) is 10.7. The maximum Gasteiger partial charge on any atom is 0.117 e. The third kappa shape index (κ3) is 4.22. The van der Waals surface area contributed by atoms with Crippen molar-refractivity contribution in [3.8, 4) is 6.07 Å². The van der Waals surface area contributed by atoms with Crippen LogP contribution >= 0.6 is 0 Å². The predicted molar refractivity (Wildman–Crippen MR) is 78.8 cm³/mol. The fraction of sp³-hybridized carbons (Fsp3) is 0.375. The minimum absolute atomic E-state index is 0.624. The highest BCUT2D eigenvalue weighted by Crippen LogP contribution is 2.11. The molecule has 2 rings (SSSR count). The first-order chi connectivity index (χ1) is 9.81. The van der Waals surface area contributed by atoms with Crippen LogP contribution in [0.4, 0.5) is 0 Å². The summed E-state index contributed by atoms with van der Waals surface area (Å²) in [6, 6.07) is 8.16. The van der Waals surface area contributed by atoms with Gasteiger partial charge in [-0.3, -0.25) is 9.88 Å². The molecule has 0 spiro atoms. The SMILES string of the molecule is CCCCN(Cc1ccncc1)Cc1c[nH]c(C#N)c1. The second-order valence-corrected chi connectivity index (χ2v) is 4.95. The van der Waals surface area contributed by atoms with Gasteiger partial charge in [0.2, 0.25) is 0 Å². The highest BCUT2D eigenvalue weighted by atomic mass is 15.1. The molecule has 104 valence electrons. The van der Waals surface area contributed by atoms with Gasteiger partial charge >= 0.3 is 0 Å². The molecule has 0 radical (unpaired) electrons. The van der Waals surface area contributed by atoms with Crippen LogP contribution in [0.2, 0.25) is 0 Å². The molecule has 0 saturated carbocycles. The second-order valence-electron chi connectivity index (χ2n) is 4.95. The van der Waals surface area contributed by atoms with Crippen LogP contribution in [0.1, 0.15) is 36.6 Å². The van der Waals surface area contributed by atoms with Crippen molar-refractivity contribution in [3.63, 3.8) is 0 Å². The van der Waals surface area contributed by atoms with Crippen molar-refractivity contribution in [2.75, 3.05) is 6.54 Å². The topological polar surface area (TPSA) is 55.7 Å². The minimum Gasteiger partial charge on any atom is -0.353 e. The van der Waals surface area contributed by atoms with Gasteiger partial charge in [0, 0.05) is 31.7 Å². The number of aromatic amines is 1. The lowest BCUT2D eigenvalue weighted by atomic mass is 10.2. The largest absolute Gasteiger partial charge is 0.353 e. The molecule has 20 heavy (non-hydrogen) atoms. The number of unbranched alkanes of at least 4 members (excludes halogenated alkanes) is 1. The van der Waals surface area contributed by atoms with Crippen molar-refractivity contribution in [1.82, 2.24) is 14.9 Å². The van der Waals surface area contributed by atoms with Crippen LogP contribution in [0.5, 0.6) is 0 Å². The highest BCUT2D eigenvalue weighted by Gasteiger charge is 2.08. The van der Waals surface area contributed by atoms with Crippen molar-refractivity contribution in [1.29, 1.82) is 5.26 Å². The van der Waals surface area contributed by atoms with Gasteiger partial charge in [-0.1, -0.05) is 13.3 Å². The second kappa shape index (κ2) is 7.46. The molecule has 0 aromatic carbocycles. The zero-order chi connectivity index (χ0) is 14.2. The lowest BCUT2D eigenvalue weighted by Gasteiger charge is -2.21. The smallest absolute Gasteiger partial charge is 0.117 e. The molecule has 2 aromatic rings. The van der Waals surface area contributed by atoms with E-state index in [0.717, 1.165) is 25.2 Å². The van der Waals surface area contributed by atoms with Gasteiger partial charge in [-0.15, -0.1) is 0 Å². The average molecular weight is 268 g/mol. The van der Waals surface area contributed by atoms with Gasteiger partial charge in [0.05, 0.1) is 0 Å². The van der Waals surface area contributed by atoms with E-state index in [9.17, 15) is 0 Å². The summed E-state index contributed by atoms with van der Waals surface area (Å²) in [6.07, 6.45) is 7.95. The number of H-pyrrole nitrogens is 1. The van der Waals surface area contributed by atoms with Gasteiger partial charge in [-0.25, -0.2) is 0 Å². The summed E-state index contributed by atoms with van der Waals surface area (Å²) >= 11 is 0. The summed E-state index contributed by atoms with van der Waals surface area (Å²) in [5, 5.41) is 8.86. The molecule has 0 amide bonds. The Morgan fingerprint density at radius 2 is 2.00 bits per heavy atom. The molecule has 4 heteroatoms.